The first kappa shape index (κ1) is 28.7. The number of hydrogen-bond acceptors (Lipinski definition) is 8. The molecule has 2 aliphatic heterocycles. The number of amides is 1. The second-order valence-electron chi connectivity index (χ2n) is 9.71. The maximum absolute atomic E-state index is 13.9. The molecule has 0 spiro atoms. The molecule has 10 nitrogen and oxygen atoms in total. The number of carboxylic acid groups (broad SMARTS) is 1. The van der Waals surface area contributed by atoms with Crippen LogP contribution in [0.4, 0.5) is 8.78 Å². The third-order valence-electron chi connectivity index (χ3n) is 7.16. The molecule has 39 heavy (non-hydrogen) atoms. The summed E-state index contributed by atoms with van der Waals surface area (Å²) in [6, 6.07) is 7.73. The SMILES string of the molecule is COCN(C(=O)CCCN1CCC(c2ccccn2)CC1)C1=NC(O)NC(c2ccc(F)c(F)c2)C1C(=O)O. The van der Waals surface area contributed by atoms with Crippen LogP contribution in [0.25, 0.3) is 0 Å². The minimum atomic E-state index is -1.57. The van der Waals surface area contributed by atoms with Gasteiger partial charge in [0, 0.05) is 31.3 Å². The van der Waals surface area contributed by atoms with Crippen LogP contribution in [0.5, 0.6) is 0 Å². The maximum Gasteiger partial charge on any atom is 0.316 e. The Balaban J connectivity index is 1.40. The maximum atomic E-state index is 13.9. The first-order chi connectivity index (χ1) is 18.8. The molecule has 2 aliphatic rings. The van der Waals surface area contributed by atoms with Crippen molar-refractivity contribution in [1.29, 1.82) is 0 Å². The van der Waals surface area contributed by atoms with Gasteiger partial charge in [-0.15, -0.1) is 0 Å². The Kier molecular flexibility index (Phi) is 9.68. The standard InChI is InChI=1S/C27H33F2N5O5/c1-39-16-34(22(35)6-4-12-33-13-9-17(10-14-33)21-5-2-3-11-30-21)25-23(26(36)37)24(31-27(38)32-25)18-7-8-19(28)20(29)15-18/h2-3,5,7-8,11,15,17,23-24,27,31,38H,4,6,9-10,12-14,16H2,1H3,(H,36,37). The number of hydrogen-bond donors (Lipinski definition) is 3. The van der Waals surface area contributed by atoms with Crippen LogP contribution in [-0.2, 0) is 14.3 Å². The number of carbonyl (C=O) groups is 2. The largest absolute Gasteiger partial charge is 0.481 e. The number of carbonyl (C=O) groups excluding carboxylic acids is 1. The number of likely N-dealkylation sites (tertiary alicyclic amines) is 1. The summed E-state index contributed by atoms with van der Waals surface area (Å²) in [7, 11) is 1.35. The molecule has 1 amide bonds. The van der Waals surface area contributed by atoms with E-state index < -0.39 is 41.8 Å². The van der Waals surface area contributed by atoms with E-state index in [0.717, 1.165) is 48.7 Å². The zero-order valence-corrected chi connectivity index (χ0v) is 21.7. The Morgan fingerprint density at radius 3 is 2.59 bits per heavy atom. The van der Waals surface area contributed by atoms with Gasteiger partial charge in [0.05, 0.1) is 6.04 Å². The molecule has 12 heteroatoms. The van der Waals surface area contributed by atoms with Crippen molar-refractivity contribution in [3.63, 3.8) is 0 Å². The topological polar surface area (TPSA) is 128 Å². The fourth-order valence-corrected chi connectivity index (χ4v) is 5.19. The number of aliphatic hydroxyl groups is 1. The quantitative estimate of drug-likeness (QED) is 0.410. The summed E-state index contributed by atoms with van der Waals surface area (Å²) in [4.78, 5) is 37.4. The van der Waals surface area contributed by atoms with E-state index in [4.69, 9.17) is 4.74 Å². The molecular formula is C27H33F2N5O5. The first-order valence-electron chi connectivity index (χ1n) is 12.9. The molecule has 1 fully saturated rings. The van der Waals surface area contributed by atoms with E-state index in [9.17, 15) is 28.6 Å². The van der Waals surface area contributed by atoms with Crippen LogP contribution in [0.2, 0.25) is 0 Å². The van der Waals surface area contributed by atoms with Crippen molar-refractivity contribution in [3.05, 3.63) is 65.5 Å². The number of aromatic nitrogens is 1. The van der Waals surface area contributed by atoms with E-state index in [1.54, 1.807) is 6.20 Å². The lowest BCUT2D eigenvalue weighted by Crippen LogP contribution is -2.54. The minimum Gasteiger partial charge on any atom is -0.481 e. The van der Waals surface area contributed by atoms with Gasteiger partial charge >= 0.3 is 5.97 Å². The summed E-state index contributed by atoms with van der Waals surface area (Å²) in [6.45, 7) is 2.18. The predicted octanol–water partition coefficient (Wildman–Crippen LogP) is 2.47. The van der Waals surface area contributed by atoms with Gasteiger partial charge in [-0.25, -0.2) is 13.8 Å². The van der Waals surface area contributed by atoms with Crippen molar-refractivity contribution in [1.82, 2.24) is 20.1 Å². The fourth-order valence-electron chi connectivity index (χ4n) is 5.19. The molecule has 4 rings (SSSR count). The highest BCUT2D eigenvalue weighted by atomic mass is 19.2. The number of aliphatic carboxylic acids is 1. The number of pyridine rings is 1. The molecule has 0 bridgehead atoms. The monoisotopic (exact) mass is 545 g/mol. The lowest BCUT2D eigenvalue weighted by molar-refractivity contribution is -0.141. The summed E-state index contributed by atoms with van der Waals surface area (Å²) in [5.74, 6) is -5.29. The predicted molar refractivity (Wildman–Crippen MR) is 137 cm³/mol. The molecule has 1 aromatic carbocycles. The minimum absolute atomic E-state index is 0.0895. The number of nitrogens with zero attached hydrogens (tertiary/aromatic N) is 4. The Labute approximate surface area is 225 Å². The highest BCUT2D eigenvalue weighted by Crippen LogP contribution is 2.31. The molecule has 3 N–H and O–H groups in total. The Morgan fingerprint density at radius 1 is 1.18 bits per heavy atom. The van der Waals surface area contributed by atoms with Gasteiger partial charge in [-0.1, -0.05) is 12.1 Å². The number of benzene rings is 1. The normalized spacial score (nSPS) is 22.4. The summed E-state index contributed by atoms with van der Waals surface area (Å²) in [5, 5.41) is 23.0. The number of halogens is 2. The first-order valence-corrected chi connectivity index (χ1v) is 12.9. The van der Waals surface area contributed by atoms with Crippen LogP contribution in [-0.4, -0.2) is 82.5 Å². The summed E-state index contributed by atoms with van der Waals surface area (Å²) < 4.78 is 32.6. The number of methoxy groups -OCH3 is 1. The van der Waals surface area contributed by atoms with Crippen molar-refractivity contribution in [2.45, 2.75) is 44.0 Å². The van der Waals surface area contributed by atoms with Crippen LogP contribution in [0.1, 0.15) is 48.9 Å². The third kappa shape index (κ3) is 7.01. The highest BCUT2D eigenvalue weighted by molar-refractivity contribution is 6.08. The number of ether oxygens (including phenoxy) is 1. The average Bonchev–Trinajstić information content (AvgIpc) is 2.93. The van der Waals surface area contributed by atoms with E-state index in [2.05, 4.69) is 20.2 Å². The van der Waals surface area contributed by atoms with Crippen LogP contribution >= 0.6 is 0 Å². The number of aliphatic hydroxyl groups excluding tert-OH is 1. The van der Waals surface area contributed by atoms with Crippen molar-refractivity contribution in [3.8, 4) is 0 Å². The number of piperidine rings is 1. The molecule has 0 radical (unpaired) electrons. The second kappa shape index (κ2) is 13.2. The summed E-state index contributed by atoms with van der Waals surface area (Å²) in [6.07, 6.45) is 2.84. The molecule has 1 aromatic heterocycles. The lowest BCUT2D eigenvalue weighted by atomic mass is 9.89. The van der Waals surface area contributed by atoms with Gasteiger partial charge in [-0.3, -0.25) is 24.8 Å². The van der Waals surface area contributed by atoms with Crippen molar-refractivity contribution >= 4 is 17.7 Å². The Morgan fingerprint density at radius 2 is 1.95 bits per heavy atom. The van der Waals surface area contributed by atoms with Crippen molar-refractivity contribution < 1.29 is 33.3 Å². The highest BCUT2D eigenvalue weighted by Gasteiger charge is 2.43. The van der Waals surface area contributed by atoms with Gasteiger partial charge in [-0.2, -0.15) is 0 Å². The lowest BCUT2D eigenvalue weighted by Gasteiger charge is -2.37. The number of carboxylic acids is 1. The van der Waals surface area contributed by atoms with E-state index in [1.165, 1.54) is 13.2 Å². The van der Waals surface area contributed by atoms with Crippen LogP contribution in [0, 0.1) is 17.6 Å². The van der Waals surface area contributed by atoms with Crippen molar-refractivity contribution in [2.75, 3.05) is 33.5 Å². The Hall–Kier alpha value is -3.32. The summed E-state index contributed by atoms with van der Waals surface area (Å²) >= 11 is 0. The smallest absolute Gasteiger partial charge is 0.316 e. The van der Waals surface area contributed by atoms with E-state index in [1.807, 2.05) is 18.2 Å². The summed E-state index contributed by atoms with van der Waals surface area (Å²) in [5.41, 5.74) is 1.19. The molecule has 3 atom stereocenters. The van der Waals surface area contributed by atoms with Crippen LogP contribution in [0.15, 0.2) is 47.6 Å². The Bertz CT molecular complexity index is 1180. The molecule has 0 aliphatic carbocycles. The fraction of sp³-hybridized carbons (Fsp3) is 0.481. The average molecular weight is 546 g/mol. The number of amidine groups is 1. The van der Waals surface area contributed by atoms with Crippen LogP contribution < -0.4 is 5.32 Å². The molecular weight excluding hydrogens is 512 g/mol. The molecule has 0 saturated carbocycles. The van der Waals surface area contributed by atoms with Gasteiger partial charge < -0.3 is 19.8 Å². The van der Waals surface area contributed by atoms with Crippen molar-refractivity contribution in [2.24, 2.45) is 10.9 Å². The molecule has 210 valence electrons. The zero-order valence-electron chi connectivity index (χ0n) is 21.7. The molecule has 3 unspecified atom stereocenters. The third-order valence-corrected chi connectivity index (χ3v) is 7.16. The van der Waals surface area contributed by atoms with Gasteiger partial charge in [0.1, 0.15) is 18.5 Å². The number of aliphatic imine (C=N–C) groups is 1. The van der Waals surface area contributed by atoms with E-state index >= 15 is 0 Å². The number of nitrogens with one attached hydrogen (secondary N) is 1. The van der Waals surface area contributed by atoms with Gasteiger partial charge in [0.25, 0.3) is 0 Å². The number of rotatable bonds is 9. The molecule has 3 heterocycles. The molecule has 1 saturated heterocycles. The van der Waals surface area contributed by atoms with Crippen LogP contribution in [0.3, 0.4) is 0 Å². The zero-order chi connectivity index (χ0) is 27.9. The van der Waals surface area contributed by atoms with E-state index in [-0.39, 0.29) is 24.6 Å². The second-order valence-corrected chi connectivity index (χ2v) is 9.71. The molecule has 2 aromatic rings. The van der Waals surface area contributed by atoms with Gasteiger partial charge in [0.15, 0.2) is 11.6 Å². The van der Waals surface area contributed by atoms with E-state index in [0.29, 0.717) is 18.9 Å². The van der Waals surface area contributed by atoms with Gasteiger partial charge in [0.2, 0.25) is 12.3 Å². The van der Waals surface area contributed by atoms with Gasteiger partial charge in [-0.05, 0) is 68.7 Å².